The van der Waals surface area contributed by atoms with Crippen LogP contribution in [-0.2, 0) is 6.42 Å². The van der Waals surface area contributed by atoms with E-state index in [9.17, 15) is 0 Å². The summed E-state index contributed by atoms with van der Waals surface area (Å²) >= 11 is 9.69. The van der Waals surface area contributed by atoms with E-state index in [1.807, 2.05) is 37.4 Å². The van der Waals surface area contributed by atoms with Crippen LogP contribution in [0.4, 0.5) is 0 Å². The molecule has 4 heteroatoms. The molecule has 0 saturated heterocycles. The van der Waals surface area contributed by atoms with Gasteiger partial charge in [0, 0.05) is 15.9 Å². The quantitative estimate of drug-likeness (QED) is 0.889. The summed E-state index contributed by atoms with van der Waals surface area (Å²) < 4.78 is 6.76. The summed E-state index contributed by atoms with van der Waals surface area (Å²) in [4.78, 5) is 0. The third kappa shape index (κ3) is 2.79. The molecule has 96 valence electrons. The summed E-state index contributed by atoms with van der Waals surface area (Å²) in [6, 6.07) is 9.86. The molecule has 0 fully saturated rings. The molecule has 0 aliphatic heterocycles. The van der Waals surface area contributed by atoms with Crippen LogP contribution in [0.1, 0.15) is 30.0 Å². The Labute approximate surface area is 120 Å². The molecule has 0 aliphatic carbocycles. The van der Waals surface area contributed by atoms with Gasteiger partial charge >= 0.3 is 0 Å². The molecule has 1 heterocycles. The van der Waals surface area contributed by atoms with Gasteiger partial charge in [0.15, 0.2) is 0 Å². The van der Waals surface area contributed by atoms with Crippen LogP contribution < -0.4 is 5.32 Å². The third-order valence-electron chi connectivity index (χ3n) is 2.88. The van der Waals surface area contributed by atoms with Gasteiger partial charge in [-0.1, -0.05) is 40.5 Å². The Hall–Kier alpha value is -0.770. The second kappa shape index (κ2) is 5.91. The van der Waals surface area contributed by atoms with Gasteiger partial charge in [0.05, 0.1) is 6.04 Å². The van der Waals surface area contributed by atoms with Gasteiger partial charge in [0.1, 0.15) is 11.5 Å². The number of hydrogen-bond acceptors (Lipinski definition) is 2. The summed E-state index contributed by atoms with van der Waals surface area (Å²) in [6.45, 7) is 2.07. The van der Waals surface area contributed by atoms with Crippen molar-refractivity contribution >= 4 is 27.5 Å². The van der Waals surface area contributed by atoms with E-state index < -0.39 is 0 Å². The van der Waals surface area contributed by atoms with Crippen molar-refractivity contribution in [3.63, 3.8) is 0 Å². The Morgan fingerprint density at radius 1 is 1.33 bits per heavy atom. The van der Waals surface area contributed by atoms with E-state index in [0.717, 1.165) is 33.0 Å². The van der Waals surface area contributed by atoms with Crippen LogP contribution in [0, 0.1) is 0 Å². The predicted octanol–water partition coefficient (Wildman–Crippen LogP) is 4.57. The van der Waals surface area contributed by atoms with E-state index in [2.05, 4.69) is 28.2 Å². The molecule has 1 aromatic carbocycles. The molecule has 18 heavy (non-hydrogen) atoms. The van der Waals surface area contributed by atoms with E-state index in [1.54, 1.807) is 0 Å². The molecule has 2 nitrogen and oxygen atoms in total. The van der Waals surface area contributed by atoms with Crippen LogP contribution in [0.5, 0.6) is 0 Å². The van der Waals surface area contributed by atoms with Gasteiger partial charge in [0.2, 0.25) is 0 Å². The summed E-state index contributed by atoms with van der Waals surface area (Å²) in [7, 11) is 1.90. The molecule has 1 N–H and O–H groups in total. The summed E-state index contributed by atoms with van der Waals surface area (Å²) in [5.41, 5.74) is 1.01. The van der Waals surface area contributed by atoms with Crippen LogP contribution in [0.2, 0.25) is 5.02 Å². The maximum atomic E-state index is 6.28. The van der Waals surface area contributed by atoms with Crippen molar-refractivity contribution in [3.8, 4) is 0 Å². The van der Waals surface area contributed by atoms with E-state index in [4.69, 9.17) is 16.0 Å². The van der Waals surface area contributed by atoms with Crippen molar-refractivity contribution in [1.82, 2.24) is 5.32 Å². The molecule has 0 bridgehead atoms. The summed E-state index contributed by atoms with van der Waals surface area (Å²) in [6.07, 6.45) is 0.893. The summed E-state index contributed by atoms with van der Waals surface area (Å²) in [5, 5.41) is 3.96. The topological polar surface area (TPSA) is 25.2 Å². The molecule has 0 radical (unpaired) electrons. The number of aryl methyl sites for hydroxylation is 1. The van der Waals surface area contributed by atoms with E-state index >= 15 is 0 Å². The average molecular weight is 329 g/mol. The first-order valence-electron chi connectivity index (χ1n) is 5.86. The second-order valence-corrected chi connectivity index (χ2v) is 5.37. The molecular formula is C14H15BrClNO. The van der Waals surface area contributed by atoms with Gasteiger partial charge in [-0.3, -0.25) is 0 Å². The second-order valence-electron chi connectivity index (χ2n) is 4.05. The van der Waals surface area contributed by atoms with Crippen molar-refractivity contribution in [3.05, 3.63) is 56.9 Å². The first-order chi connectivity index (χ1) is 8.65. The first-order valence-corrected chi connectivity index (χ1v) is 7.03. The molecule has 1 unspecified atom stereocenters. The Kier molecular flexibility index (Phi) is 4.49. The zero-order valence-corrected chi connectivity index (χ0v) is 12.7. The molecule has 2 aromatic rings. The maximum Gasteiger partial charge on any atom is 0.125 e. The van der Waals surface area contributed by atoms with Crippen molar-refractivity contribution in [2.45, 2.75) is 19.4 Å². The van der Waals surface area contributed by atoms with Crippen LogP contribution in [-0.4, -0.2) is 7.05 Å². The standard InChI is InChI=1S/C14H15BrClNO/c1-3-10-5-7-13(18-10)14(17-2)11-6-4-9(15)8-12(11)16/h4-8,14,17H,3H2,1-2H3. The lowest BCUT2D eigenvalue weighted by molar-refractivity contribution is 0.434. The lowest BCUT2D eigenvalue weighted by atomic mass is 10.0. The van der Waals surface area contributed by atoms with Gasteiger partial charge in [-0.25, -0.2) is 0 Å². The molecule has 0 spiro atoms. The van der Waals surface area contributed by atoms with Gasteiger partial charge in [0.25, 0.3) is 0 Å². The van der Waals surface area contributed by atoms with Crippen LogP contribution >= 0.6 is 27.5 Å². The molecule has 0 aliphatic rings. The lowest BCUT2D eigenvalue weighted by Crippen LogP contribution is -2.17. The maximum absolute atomic E-state index is 6.28. The monoisotopic (exact) mass is 327 g/mol. The smallest absolute Gasteiger partial charge is 0.125 e. The van der Waals surface area contributed by atoms with Crippen LogP contribution in [0.3, 0.4) is 0 Å². The number of benzene rings is 1. The highest BCUT2D eigenvalue weighted by molar-refractivity contribution is 9.10. The normalized spacial score (nSPS) is 12.7. The van der Waals surface area contributed by atoms with Gasteiger partial charge in [-0.15, -0.1) is 0 Å². The average Bonchev–Trinajstić information content (AvgIpc) is 2.81. The first kappa shape index (κ1) is 13.7. The number of halogens is 2. The third-order valence-corrected chi connectivity index (χ3v) is 3.70. The van der Waals surface area contributed by atoms with Crippen molar-refractivity contribution < 1.29 is 4.42 Å². The number of nitrogens with one attached hydrogen (secondary N) is 1. The molecular weight excluding hydrogens is 314 g/mol. The van der Waals surface area contributed by atoms with E-state index in [-0.39, 0.29) is 6.04 Å². The highest BCUT2D eigenvalue weighted by Gasteiger charge is 2.18. The molecule has 2 rings (SSSR count). The van der Waals surface area contributed by atoms with E-state index in [0.29, 0.717) is 0 Å². The van der Waals surface area contributed by atoms with Gasteiger partial charge in [-0.05, 0) is 36.9 Å². The fourth-order valence-corrected chi connectivity index (χ4v) is 2.71. The summed E-state index contributed by atoms with van der Waals surface area (Å²) in [5.74, 6) is 1.87. The van der Waals surface area contributed by atoms with Gasteiger partial charge in [-0.2, -0.15) is 0 Å². The Bertz CT molecular complexity index is 538. The van der Waals surface area contributed by atoms with Crippen molar-refractivity contribution in [2.75, 3.05) is 7.05 Å². The number of furan rings is 1. The lowest BCUT2D eigenvalue weighted by Gasteiger charge is -2.16. The minimum atomic E-state index is -0.0223. The SMILES string of the molecule is CCc1ccc(C(NC)c2ccc(Br)cc2Cl)o1. The molecule has 0 amide bonds. The fraction of sp³-hybridized carbons (Fsp3) is 0.286. The van der Waals surface area contributed by atoms with Crippen molar-refractivity contribution in [1.29, 1.82) is 0 Å². The molecule has 1 atom stereocenters. The van der Waals surface area contributed by atoms with Crippen molar-refractivity contribution in [2.24, 2.45) is 0 Å². The minimum absolute atomic E-state index is 0.0223. The van der Waals surface area contributed by atoms with E-state index in [1.165, 1.54) is 0 Å². The predicted molar refractivity (Wildman–Crippen MR) is 78.1 cm³/mol. The molecule has 1 aromatic heterocycles. The van der Waals surface area contributed by atoms with Gasteiger partial charge < -0.3 is 9.73 Å². The zero-order chi connectivity index (χ0) is 13.1. The highest BCUT2D eigenvalue weighted by atomic mass is 79.9. The number of rotatable bonds is 4. The zero-order valence-electron chi connectivity index (χ0n) is 10.3. The molecule has 0 saturated carbocycles. The largest absolute Gasteiger partial charge is 0.464 e. The fourth-order valence-electron chi connectivity index (χ4n) is 1.93. The number of hydrogen-bond donors (Lipinski definition) is 1. The highest BCUT2D eigenvalue weighted by Crippen LogP contribution is 2.31. The minimum Gasteiger partial charge on any atom is -0.464 e. The Balaban J connectivity index is 2.38. The Morgan fingerprint density at radius 3 is 2.67 bits per heavy atom. The van der Waals surface area contributed by atoms with Crippen LogP contribution in [0.25, 0.3) is 0 Å². The van der Waals surface area contributed by atoms with Crippen LogP contribution in [0.15, 0.2) is 39.2 Å². The Morgan fingerprint density at radius 2 is 2.11 bits per heavy atom.